The molecule has 4 heteroatoms. The Morgan fingerprint density at radius 1 is 1.22 bits per heavy atom. The van der Waals surface area contributed by atoms with E-state index >= 15 is 0 Å². The van der Waals surface area contributed by atoms with Gasteiger partial charge in [0.1, 0.15) is 0 Å². The van der Waals surface area contributed by atoms with E-state index in [-0.39, 0.29) is 6.04 Å². The van der Waals surface area contributed by atoms with Gasteiger partial charge < -0.3 is 5.32 Å². The lowest BCUT2D eigenvalue weighted by Gasteiger charge is -2.29. The molecule has 1 saturated carbocycles. The van der Waals surface area contributed by atoms with Gasteiger partial charge in [-0.1, -0.05) is 31.4 Å². The second kappa shape index (κ2) is 5.31. The van der Waals surface area contributed by atoms with Crippen molar-refractivity contribution in [3.63, 3.8) is 0 Å². The standard InChI is InChI=1S/C14H18F3N/c1-18-13(9-10-3-2-4-10)11-5-7-12(8-6-11)14(15,16)17/h5-8,10,13,18H,2-4,9H2,1H3. The Morgan fingerprint density at radius 3 is 2.22 bits per heavy atom. The lowest BCUT2D eigenvalue weighted by Crippen LogP contribution is -2.23. The summed E-state index contributed by atoms with van der Waals surface area (Å²) in [5.41, 5.74) is 0.363. The summed E-state index contributed by atoms with van der Waals surface area (Å²) in [6.07, 6.45) is 0.551. The van der Waals surface area contributed by atoms with Crippen LogP contribution >= 0.6 is 0 Å². The molecule has 1 aliphatic rings. The maximum atomic E-state index is 12.5. The van der Waals surface area contributed by atoms with Crippen LogP contribution in [0.2, 0.25) is 0 Å². The van der Waals surface area contributed by atoms with Gasteiger partial charge in [-0.2, -0.15) is 13.2 Å². The first-order valence-electron chi connectivity index (χ1n) is 6.35. The van der Waals surface area contributed by atoms with Crippen LogP contribution in [0.25, 0.3) is 0 Å². The lowest BCUT2D eigenvalue weighted by molar-refractivity contribution is -0.137. The molecule has 0 bridgehead atoms. The minimum Gasteiger partial charge on any atom is -0.313 e. The van der Waals surface area contributed by atoms with Gasteiger partial charge in [0.15, 0.2) is 0 Å². The summed E-state index contributed by atoms with van der Waals surface area (Å²) in [6.45, 7) is 0. The first kappa shape index (κ1) is 13.4. The van der Waals surface area contributed by atoms with Crippen molar-refractivity contribution < 1.29 is 13.2 Å². The van der Waals surface area contributed by atoms with Crippen LogP contribution in [0.5, 0.6) is 0 Å². The minimum atomic E-state index is -4.25. The number of benzene rings is 1. The van der Waals surface area contributed by atoms with E-state index in [0.717, 1.165) is 17.9 Å². The van der Waals surface area contributed by atoms with Crippen molar-refractivity contribution in [2.45, 2.75) is 37.9 Å². The number of halogens is 3. The second-order valence-electron chi connectivity index (χ2n) is 4.99. The topological polar surface area (TPSA) is 12.0 Å². The third-order valence-corrected chi connectivity index (χ3v) is 3.78. The zero-order valence-electron chi connectivity index (χ0n) is 10.4. The van der Waals surface area contributed by atoms with Crippen LogP contribution < -0.4 is 5.32 Å². The van der Waals surface area contributed by atoms with Crippen LogP contribution in [0, 0.1) is 5.92 Å². The monoisotopic (exact) mass is 257 g/mol. The lowest BCUT2D eigenvalue weighted by atomic mass is 9.79. The van der Waals surface area contributed by atoms with Crippen molar-refractivity contribution in [2.24, 2.45) is 5.92 Å². The number of rotatable bonds is 4. The number of hydrogen-bond donors (Lipinski definition) is 1. The first-order valence-corrected chi connectivity index (χ1v) is 6.35. The van der Waals surface area contributed by atoms with Crippen LogP contribution in [-0.4, -0.2) is 7.05 Å². The molecule has 0 saturated heterocycles. The quantitative estimate of drug-likeness (QED) is 0.854. The molecule has 0 heterocycles. The molecule has 2 rings (SSSR count). The highest BCUT2D eigenvalue weighted by Gasteiger charge is 2.30. The highest BCUT2D eigenvalue weighted by Crippen LogP contribution is 2.35. The maximum Gasteiger partial charge on any atom is 0.416 e. The summed E-state index contributed by atoms with van der Waals surface area (Å²) < 4.78 is 37.4. The fourth-order valence-electron chi connectivity index (χ4n) is 2.39. The molecule has 1 atom stereocenters. The SMILES string of the molecule is CNC(CC1CCC1)c1ccc(C(F)(F)F)cc1. The van der Waals surface area contributed by atoms with Gasteiger partial charge in [-0.25, -0.2) is 0 Å². The summed E-state index contributed by atoms with van der Waals surface area (Å²) in [5.74, 6) is 0.727. The number of hydrogen-bond acceptors (Lipinski definition) is 1. The Labute approximate surface area is 105 Å². The molecule has 0 aliphatic heterocycles. The Bertz CT molecular complexity index is 379. The summed E-state index contributed by atoms with van der Waals surface area (Å²) in [6, 6.07) is 5.67. The minimum absolute atomic E-state index is 0.164. The maximum absolute atomic E-state index is 12.5. The van der Waals surface area contributed by atoms with E-state index in [4.69, 9.17) is 0 Å². The highest BCUT2D eigenvalue weighted by atomic mass is 19.4. The fourth-order valence-corrected chi connectivity index (χ4v) is 2.39. The molecule has 18 heavy (non-hydrogen) atoms. The van der Waals surface area contributed by atoms with Crippen LogP contribution in [0.1, 0.15) is 42.9 Å². The summed E-state index contributed by atoms with van der Waals surface area (Å²) >= 11 is 0. The molecular weight excluding hydrogens is 239 g/mol. The largest absolute Gasteiger partial charge is 0.416 e. The predicted molar refractivity (Wildman–Crippen MR) is 65.2 cm³/mol. The van der Waals surface area contributed by atoms with Crippen molar-refractivity contribution in [3.05, 3.63) is 35.4 Å². The first-order chi connectivity index (χ1) is 8.50. The van der Waals surface area contributed by atoms with Gasteiger partial charge in [0.25, 0.3) is 0 Å². The fraction of sp³-hybridized carbons (Fsp3) is 0.571. The molecule has 1 N–H and O–H groups in total. The van der Waals surface area contributed by atoms with E-state index < -0.39 is 11.7 Å². The van der Waals surface area contributed by atoms with Gasteiger partial charge in [-0.3, -0.25) is 0 Å². The highest BCUT2D eigenvalue weighted by molar-refractivity contribution is 5.26. The average molecular weight is 257 g/mol. The molecule has 0 spiro atoms. The van der Waals surface area contributed by atoms with Gasteiger partial charge in [0.2, 0.25) is 0 Å². The third-order valence-electron chi connectivity index (χ3n) is 3.78. The zero-order chi connectivity index (χ0) is 13.2. The predicted octanol–water partition coefficient (Wildman–Crippen LogP) is 4.16. The zero-order valence-corrected chi connectivity index (χ0v) is 10.4. The van der Waals surface area contributed by atoms with Gasteiger partial charge in [-0.15, -0.1) is 0 Å². The molecule has 1 unspecified atom stereocenters. The Balaban J connectivity index is 2.06. The summed E-state index contributed by atoms with van der Waals surface area (Å²) in [7, 11) is 1.86. The van der Waals surface area contributed by atoms with Crippen molar-refractivity contribution in [1.82, 2.24) is 5.32 Å². The summed E-state index contributed by atoms with van der Waals surface area (Å²) in [5, 5.41) is 3.19. The van der Waals surface area contributed by atoms with E-state index in [9.17, 15) is 13.2 Å². The van der Waals surface area contributed by atoms with Crippen molar-refractivity contribution in [1.29, 1.82) is 0 Å². The molecule has 0 aromatic heterocycles. The smallest absolute Gasteiger partial charge is 0.313 e. The molecule has 100 valence electrons. The third kappa shape index (κ3) is 3.05. The second-order valence-corrected chi connectivity index (χ2v) is 4.99. The van der Waals surface area contributed by atoms with Gasteiger partial charge in [0.05, 0.1) is 5.56 Å². The molecule has 1 aromatic carbocycles. The van der Waals surface area contributed by atoms with Gasteiger partial charge in [-0.05, 0) is 37.1 Å². The van der Waals surface area contributed by atoms with Gasteiger partial charge in [0, 0.05) is 6.04 Å². The van der Waals surface area contributed by atoms with Crippen molar-refractivity contribution >= 4 is 0 Å². The number of alkyl halides is 3. The molecule has 0 radical (unpaired) electrons. The molecule has 1 fully saturated rings. The average Bonchev–Trinajstić information content (AvgIpc) is 2.27. The van der Waals surface area contributed by atoms with E-state index in [1.165, 1.54) is 31.4 Å². The van der Waals surface area contributed by atoms with Crippen molar-refractivity contribution in [2.75, 3.05) is 7.05 Å². The normalized spacial score (nSPS) is 18.4. The molecular formula is C14H18F3N. The number of nitrogens with one attached hydrogen (secondary N) is 1. The Morgan fingerprint density at radius 2 is 1.83 bits per heavy atom. The van der Waals surface area contributed by atoms with Gasteiger partial charge >= 0.3 is 6.18 Å². The Hall–Kier alpha value is -1.03. The van der Waals surface area contributed by atoms with E-state index in [1.54, 1.807) is 12.1 Å². The van der Waals surface area contributed by atoms with Crippen LogP contribution in [0.3, 0.4) is 0 Å². The Kier molecular flexibility index (Phi) is 3.95. The van der Waals surface area contributed by atoms with E-state index in [1.807, 2.05) is 7.05 Å². The molecule has 0 amide bonds. The van der Waals surface area contributed by atoms with Crippen LogP contribution in [0.4, 0.5) is 13.2 Å². The van der Waals surface area contributed by atoms with Crippen LogP contribution in [0.15, 0.2) is 24.3 Å². The molecule has 1 aliphatic carbocycles. The summed E-state index contributed by atoms with van der Waals surface area (Å²) in [4.78, 5) is 0. The van der Waals surface area contributed by atoms with E-state index in [2.05, 4.69) is 5.32 Å². The molecule has 1 aromatic rings. The van der Waals surface area contributed by atoms with E-state index in [0.29, 0.717) is 0 Å². The van der Waals surface area contributed by atoms with Crippen LogP contribution in [-0.2, 0) is 6.18 Å². The van der Waals surface area contributed by atoms with Crippen molar-refractivity contribution in [3.8, 4) is 0 Å². The molecule has 1 nitrogen and oxygen atoms in total.